The molecule has 21 heavy (non-hydrogen) atoms. The van der Waals surface area contributed by atoms with Gasteiger partial charge in [0.15, 0.2) is 0 Å². The summed E-state index contributed by atoms with van der Waals surface area (Å²) in [5.41, 5.74) is -1.45. The molecule has 0 aliphatic rings. The fraction of sp³-hybridized carbons (Fsp3) is 0.400. The fourth-order valence-corrected chi connectivity index (χ4v) is 3.06. The second-order valence-corrected chi connectivity index (χ2v) is 5.99. The first kappa shape index (κ1) is 18.0. The Hall–Kier alpha value is -1.06. The van der Waals surface area contributed by atoms with Crippen molar-refractivity contribution in [3.63, 3.8) is 0 Å². The molecule has 1 rings (SSSR count). The van der Waals surface area contributed by atoms with E-state index in [2.05, 4.69) is 8.71 Å². The standard InChI is InChI=1S/C10H10F3O6PS/c1-2-7-4-3-5-8(10(11,12)13)9(7)21(16,17)19-6-18-20(14)15/h3-5H,2,6H2,1H3/p+1. The van der Waals surface area contributed by atoms with E-state index < -0.39 is 41.8 Å². The van der Waals surface area contributed by atoms with Crippen molar-refractivity contribution >= 4 is 18.4 Å². The summed E-state index contributed by atoms with van der Waals surface area (Å²) in [4.78, 5) is 7.32. The molecule has 6 nitrogen and oxygen atoms in total. The molecule has 118 valence electrons. The lowest BCUT2D eigenvalue weighted by atomic mass is 10.1. The Morgan fingerprint density at radius 2 is 1.95 bits per heavy atom. The van der Waals surface area contributed by atoms with Gasteiger partial charge in [0.1, 0.15) is 4.90 Å². The van der Waals surface area contributed by atoms with E-state index in [1.807, 2.05) is 0 Å². The Labute approximate surface area is 119 Å². The van der Waals surface area contributed by atoms with Gasteiger partial charge >= 0.3 is 14.4 Å². The van der Waals surface area contributed by atoms with Crippen LogP contribution in [0.25, 0.3) is 0 Å². The third-order valence-corrected chi connectivity index (χ3v) is 4.11. The number of aryl methyl sites for hydroxylation is 1. The minimum absolute atomic E-state index is 0.0248. The second kappa shape index (κ2) is 6.80. The molecule has 1 atom stereocenters. The third-order valence-electron chi connectivity index (χ3n) is 2.40. The second-order valence-electron chi connectivity index (χ2n) is 3.70. The predicted molar refractivity (Wildman–Crippen MR) is 64.9 cm³/mol. The summed E-state index contributed by atoms with van der Waals surface area (Å²) in [5.74, 6) is 0. The van der Waals surface area contributed by atoms with Gasteiger partial charge < -0.3 is 0 Å². The minimum atomic E-state index is -4.89. The van der Waals surface area contributed by atoms with Crippen molar-refractivity contribution in [1.29, 1.82) is 0 Å². The average molecular weight is 347 g/mol. The van der Waals surface area contributed by atoms with Gasteiger partial charge in [-0.15, -0.1) is 4.89 Å². The smallest absolute Gasteiger partial charge is 0.232 e. The van der Waals surface area contributed by atoms with Crippen molar-refractivity contribution in [3.8, 4) is 0 Å². The van der Waals surface area contributed by atoms with E-state index in [1.165, 1.54) is 13.0 Å². The molecule has 0 heterocycles. The van der Waals surface area contributed by atoms with Crippen molar-refractivity contribution in [2.45, 2.75) is 24.4 Å². The van der Waals surface area contributed by atoms with E-state index in [-0.39, 0.29) is 12.0 Å². The van der Waals surface area contributed by atoms with Crippen LogP contribution >= 0.6 is 8.25 Å². The molecule has 0 saturated heterocycles. The van der Waals surface area contributed by atoms with Crippen LogP contribution < -0.4 is 0 Å². The molecular weight excluding hydrogens is 336 g/mol. The van der Waals surface area contributed by atoms with Crippen LogP contribution in [0.3, 0.4) is 0 Å². The molecule has 0 fully saturated rings. The molecule has 0 aromatic heterocycles. The molecule has 0 aliphatic heterocycles. The summed E-state index contributed by atoms with van der Waals surface area (Å²) in [7, 11) is -7.92. The van der Waals surface area contributed by atoms with Crippen LogP contribution in [-0.2, 0) is 36.0 Å². The summed E-state index contributed by atoms with van der Waals surface area (Å²) in [6.45, 7) is 0.318. The minimum Gasteiger partial charge on any atom is -0.232 e. The van der Waals surface area contributed by atoms with Crippen LogP contribution in [0, 0.1) is 0 Å². The molecule has 0 saturated carbocycles. The van der Waals surface area contributed by atoms with Crippen LogP contribution in [0.4, 0.5) is 13.2 Å². The highest BCUT2D eigenvalue weighted by atomic mass is 32.2. The van der Waals surface area contributed by atoms with Gasteiger partial charge in [0.25, 0.3) is 10.1 Å². The van der Waals surface area contributed by atoms with Crippen molar-refractivity contribution in [3.05, 3.63) is 29.3 Å². The van der Waals surface area contributed by atoms with E-state index in [0.717, 1.165) is 6.07 Å². The Morgan fingerprint density at radius 1 is 1.33 bits per heavy atom. The number of hydrogen-bond donors (Lipinski definition) is 1. The van der Waals surface area contributed by atoms with E-state index in [9.17, 15) is 26.2 Å². The quantitative estimate of drug-likeness (QED) is 0.483. The zero-order valence-corrected chi connectivity index (χ0v) is 12.3. The zero-order valence-electron chi connectivity index (χ0n) is 10.6. The molecule has 0 aliphatic carbocycles. The number of benzene rings is 1. The van der Waals surface area contributed by atoms with Gasteiger partial charge in [-0.2, -0.15) is 21.6 Å². The molecule has 0 bridgehead atoms. The molecule has 1 aromatic rings. The fourth-order valence-electron chi connectivity index (χ4n) is 1.57. The van der Waals surface area contributed by atoms with Crippen molar-refractivity contribution in [1.82, 2.24) is 0 Å². The van der Waals surface area contributed by atoms with Crippen LogP contribution in [-0.4, -0.2) is 20.1 Å². The average Bonchev–Trinajstić information content (AvgIpc) is 2.36. The molecule has 1 N–H and O–H groups in total. The Morgan fingerprint density at radius 3 is 2.43 bits per heavy atom. The Kier molecular flexibility index (Phi) is 5.83. The number of halogens is 3. The van der Waals surface area contributed by atoms with Gasteiger partial charge in [0.2, 0.25) is 6.79 Å². The normalized spacial score (nSPS) is 13.3. The summed E-state index contributed by atoms with van der Waals surface area (Å²) >= 11 is 0. The molecule has 11 heteroatoms. The lowest BCUT2D eigenvalue weighted by Gasteiger charge is -2.15. The van der Waals surface area contributed by atoms with Crippen LogP contribution in [0.2, 0.25) is 0 Å². The maximum Gasteiger partial charge on any atom is 0.697 e. The molecule has 1 aromatic carbocycles. The molecular formula is C10H11F3O6PS+. The van der Waals surface area contributed by atoms with Crippen molar-refractivity contribution < 1.29 is 39.8 Å². The van der Waals surface area contributed by atoms with E-state index in [4.69, 9.17) is 4.89 Å². The van der Waals surface area contributed by atoms with Crippen molar-refractivity contribution in [2.75, 3.05) is 6.79 Å². The number of alkyl halides is 3. The zero-order chi connectivity index (χ0) is 16.3. The van der Waals surface area contributed by atoms with Crippen molar-refractivity contribution in [2.24, 2.45) is 0 Å². The van der Waals surface area contributed by atoms with Gasteiger partial charge in [-0.3, -0.25) is 0 Å². The van der Waals surface area contributed by atoms with Gasteiger partial charge in [-0.1, -0.05) is 23.6 Å². The maximum absolute atomic E-state index is 12.9. The highest BCUT2D eigenvalue weighted by Crippen LogP contribution is 2.36. The van der Waals surface area contributed by atoms with Gasteiger partial charge in [0, 0.05) is 4.57 Å². The van der Waals surface area contributed by atoms with Crippen LogP contribution in [0.15, 0.2) is 23.1 Å². The lowest BCUT2D eigenvalue weighted by Crippen LogP contribution is -2.18. The summed E-state index contributed by atoms with van der Waals surface area (Å²) in [6, 6.07) is 2.92. The maximum atomic E-state index is 12.9. The first-order valence-electron chi connectivity index (χ1n) is 5.47. The Bertz CT molecular complexity index is 628. The molecule has 0 radical (unpaired) electrons. The lowest BCUT2D eigenvalue weighted by molar-refractivity contribution is -0.140. The largest absolute Gasteiger partial charge is 0.697 e. The highest BCUT2D eigenvalue weighted by Gasteiger charge is 2.39. The van der Waals surface area contributed by atoms with E-state index >= 15 is 0 Å². The predicted octanol–water partition coefficient (Wildman–Crippen LogP) is 2.60. The SMILES string of the molecule is CCc1cccc(C(F)(F)F)c1S(=O)(=O)OCO[P+](=O)O. The van der Waals surface area contributed by atoms with Gasteiger partial charge in [-0.25, -0.2) is 4.18 Å². The van der Waals surface area contributed by atoms with E-state index in [0.29, 0.717) is 6.07 Å². The first-order chi connectivity index (χ1) is 9.59. The molecule has 0 spiro atoms. The van der Waals surface area contributed by atoms with E-state index in [1.54, 1.807) is 0 Å². The monoisotopic (exact) mass is 347 g/mol. The van der Waals surface area contributed by atoms with Crippen LogP contribution in [0.5, 0.6) is 0 Å². The third kappa shape index (κ3) is 4.72. The van der Waals surface area contributed by atoms with Gasteiger partial charge in [0.05, 0.1) is 5.56 Å². The topological polar surface area (TPSA) is 89.9 Å². The van der Waals surface area contributed by atoms with Gasteiger partial charge in [-0.05, 0) is 18.1 Å². The Balaban J connectivity index is 3.29. The van der Waals surface area contributed by atoms with Crippen LogP contribution in [0.1, 0.15) is 18.1 Å². The molecule has 1 unspecified atom stereocenters. The highest BCUT2D eigenvalue weighted by molar-refractivity contribution is 7.86. The first-order valence-corrected chi connectivity index (χ1v) is 8.01. The number of rotatable bonds is 6. The number of hydrogen-bond acceptors (Lipinski definition) is 5. The molecule has 0 amide bonds. The summed E-state index contributed by atoms with van der Waals surface area (Å²) in [6.07, 6.45) is -4.86. The summed E-state index contributed by atoms with van der Waals surface area (Å²) in [5, 5.41) is 0. The summed E-state index contributed by atoms with van der Waals surface area (Å²) < 4.78 is 80.9.